The molecule has 3 aliphatic heterocycles. The molecule has 0 atom stereocenters. The summed E-state index contributed by atoms with van der Waals surface area (Å²) in [7, 11) is 1.98. The first kappa shape index (κ1) is 19.3. The Morgan fingerprint density at radius 3 is 2.59 bits per heavy atom. The van der Waals surface area contributed by atoms with Crippen LogP contribution in [0.4, 0.5) is 0 Å². The Morgan fingerprint density at radius 2 is 1.90 bits per heavy atom. The van der Waals surface area contributed by atoms with Crippen LogP contribution in [0.1, 0.15) is 38.4 Å². The summed E-state index contributed by atoms with van der Waals surface area (Å²) >= 11 is 0. The monoisotopic (exact) mass is 398 g/mol. The quantitative estimate of drug-likeness (QED) is 0.791. The number of piperidine rings is 1. The van der Waals surface area contributed by atoms with Crippen molar-refractivity contribution < 1.29 is 4.74 Å². The van der Waals surface area contributed by atoms with Gasteiger partial charge in [-0.15, -0.1) is 0 Å². The molecular formula is C22H34N6O. The van der Waals surface area contributed by atoms with Crippen molar-refractivity contribution >= 4 is 0 Å². The number of fused-ring (bicyclic) bond motifs is 2. The van der Waals surface area contributed by atoms with Crippen molar-refractivity contribution in [2.75, 3.05) is 45.9 Å². The number of ether oxygens (including phenoxy) is 1. The zero-order valence-corrected chi connectivity index (χ0v) is 17.9. The number of imidazole rings is 1. The minimum absolute atomic E-state index is 0.0830. The highest BCUT2D eigenvalue weighted by Crippen LogP contribution is 2.42. The Hall–Kier alpha value is -1.70. The van der Waals surface area contributed by atoms with Crippen molar-refractivity contribution in [2.24, 2.45) is 13.0 Å². The van der Waals surface area contributed by atoms with Gasteiger partial charge in [-0.1, -0.05) is 6.92 Å². The van der Waals surface area contributed by atoms with E-state index in [-0.39, 0.29) is 5.54 Å². The topological polar surface area (TPSA) is 51.4 Å². The largest absolute Gasteiger partial charge is 0.381 e. The van der Waals surface area contributed by atoms with Crippen LogP contribution in [-0.2, 0) is 23.9 Å². The molecule has 2 aromatic heterocycles. The average molecular weight is 399 g/mol. The lowest BCUT2D eigenvalue weighted by Gasteiger charge is -2.51. The lowest BCUT2D eigenvalue weighted by atomic mass is 9.82. The molecule has 158 valence electrons. The molecule has 7 heteroatoms. The Kier molecular flexibility index (Phi) is 5.22. The van der Waals surface area contributed by atoms with Crippen molar-refractivity contribution in [1.29, 1.82) is 0 Å². The summed E-state index contributed by atoms with van der Waals surface area (Å²) in [5.41, 5.74) is 2.47. The molecule has 0 unspecified atom stereocenters. The van der Waals surface area contributed by atoms with E-state index in [2.05, 4.69) is 38.8 Å². The summed E-state index contributed by atoms with van der Waals surface area (Å²) < 4.78 is 9.89. The highest BCUT2D eigenvalue weighted by atomic mass is 16.5. The van der Waals surface area contributed by atoms with Gasteiger partial charge in [0.1, 0.15) is 5.82 Å². The van der Waals surface area contributed by atoms with E-state index in [1.165, 1.54) is 62.4 Å². The van der Waals surface area contributed by atoms with Crippen LogP contribution in [0.2, 0.25) is 0 Å². The first-order valence-electron chi connectivity index (χ1n) is 11.3. The van der Waals surface area contributed by atoms with E-state index in [9.17, 15) is 0 Å². The van der Waals surface area contributed by atoms with Gasteiger partial charge in [0.2, 0.25) is 0 Å². The van der Waals surface area contributed by atoms with Gasteiger partial charge in [-0.3, -0.25) is 9.58 Å². The predicted molar refractivity (Wildman–Crippen MR) is 113 cm³/mol. The summed E-state index contributed by atoms with van der Waals surface area (Å²) in [4.78, 5) is 10.4. The van der Waals surface area contributed by atoms with Crippen LogP contribution in [0.3, 0.4) is 0 Å². The molecule has 0 radical (unpaired) electrons. The smallest absolute Gasteiger partial charge is 0.129 e. The molecule has 2 aromatic rings. The van der Waals surface area contributed by atoms with Crippen LogP contribution in [-0.4, -0.2) is 75.1 Å². The molecular weight excluding hydrogens is 364 g/mol. The van der Waals surface area contributed by atoms with E-state index in [1.54, 1.807) is 0 Å². The highest BCUT2D eigenvalue weighted by Gasteiger charge is 2.46. The third-order valence-electron chi connectivity index (χ3n) is 7.39. The summed E-state index contributed by atoms with van der Waals surface area (Å²) in [6.45, 7) is 11.0. The molecule has 2 fully saturated rings. The molecule has 7 nitrogen and oxygen atoms in total. The minimum Gasteiger partial charge on any atom is -0.381 e. The van der Waals surface area contributed by atoms with Crippen molar-refractivity contribution in [3.05, 3.63) is 24.4 Å². The normalized spacial score (nSPS) is 23.5. The fourth-order valence-corrected chi connectivity index (χ4v) is 5.73. The third kappa shape index (κ3) is 3.43. The van der Waals surface area contributed by atoms with Gasteiger partial charge < -0.3 is 14.2 Å². The van der Waals surface area contributed by atoms with Crippen LogP contribution in [0, 0.1) is 5.92 Å². The van der Waals surface area contributed by atoms with Crippen LogP contribution in [0.25, 0.3) is 11.3 Å². The second kappa shape index (κ2) is 7.85. The molecule has 0 amide bonds. The lowest BCUT2D eigenvalue weighted by molar-refractivity contribution is -0.0156. The second-order valence-corrected chi connectivity index (χ2v) is 8.99. The van der Waals surface area contributed by atoms with Crippen LogP contribution < -0.4 is 0 Å². The molecule has 0 saturated carbocycles. The van der Waals surface area contributed by atoms with Crippen molar-refractivity contribution in [1.82, 2.24) is 29.1 Å². The number of hydrogen-bond acceptors (Lipinski definition) is 5. The maximum Gasteiger partial charge on any atom is 0.129 e. The van der Waals surface area contributed by atoms with Gasteiger partial charge in [-0.05, 0) is 38.1 Å². The zero-order chi connectivity index (χ0) is 19.8. The van der Waals surface area contributed by atoms with Crippen LogP contribution in [0.15, 0.2) is 18.6 Å². The van der Waals surface area contributed by atoms with E-state index in [1.807, 2.05) is 17.9 Å². The molecule has 0 bridgehead atoms. The zero-order valence-electron chi connectivity index (χ0n) is 17.9. The standard InChI is InChI=1S/C22H34N6O/c1-3-27-10-11-28-20(19-14-24-25(2)17-19)15-23-21(28)22(27)6-8-26(9-7-22)16-18-4-12-29-13-5-18/h14-15,17-18H,3-13,16H2,1-2H3. The van der Waals surface area contributed by atoms with Gasteiger partial charge in [-0.25, -0.2) is 4.98 Å². The van der Waals surface area contributed by atoms with Gasteiger partial charge in [-0.2, -0.15) is 5.10 Å². The maximum atomic E-state index is 5.54. The highest BCUT2D eigenvalue weighted by molar-refractivity contribution is 5.57. The Morgan fingerprint density at radius 1 is 1.10 bits per heavy atom. The van der Waals surface area contributed by atoms with Gasteiger partial charge in [0.15, 0.2) is 0 Å². The fraction of sp³-hybridized carbons (Fsp3) is 0.727. The Labute approximate surface area is 173 Å². The summed E-state index contributed by atoms with van der Waals surface area (Å²) in [6, 6.07) is 0. The van der Waals surface area contributed by atoms with Gasteiger partial charge in [0, 0.05) is 64.7 Å². The van der Waals surface area contributed by atoms with Crippen molar-refractivity contribution in [3.8, 4) is 11.3 Å². The first-order valence-corrected chi connectivity index (χ1v) is 11.3. The van der Waals surface area contributed by atoms with Gasteiger partial charge in [0.05, 0.1) is 23.6 Å². The second-order valence-electron chi connectivity index (χ2n) is 8.99. The lowest BCUT2D eigenvalue weighted by Crippen LogP contribution is -2.58. The van der Waals surface area contributed by atoms with Crippen molar-refractivity contribution in [3.63, 3.8) is 0 Å². The van der Waals surface area contributed by atoms with Crippen LogP contribution in [0.5, 0.6) is 0 Å². The van der Waals surface area contributed by atoms with Crippen molar-refractivity contribution in [2.45, 2.75) is 44.7 Å². The molecule has 29 heavy (non-hydrogen) atoms. The molecule has 5 heterocycles. The maximum absolute atomic E-state index is 5.54. The molecule has 0 aromatic carbocycles. The number of likely N-dealkylation sites (N-methyl/N-ethyl adjacent to an activating group) is 1. The Bertz CT molecular complexity index is 828. The molecule has 5 rings (SSSR count). The van der Waals surface area contributed by atoms with E-state index >= 15 is 0 Å². The Balaban J connectivity index is 1.37. The average Bonchev–Trinajstić information content (AvgIpc) is 3.37. The summed E-state index contributed by atoms with van der Waals surface area (Å²) in [6.07, 6.45) is 10.9. The first-order chi connectivity index (χ1) is 14.2. The van der Waals surface area contributed by atoms with E-state index in [0.29, 0.717) is 0 Å². The molecule has 0 N–H and O–H groups in total. The van der Waals surface area contributed by atoms with E-state index in [0.717, 1.165) is 38.8 Å². The van der Waals surface area contributed by atoms with E-state index < -0.39 is 0 Å². The number of likely N-dealkylation sites (tertiary alicyclic amines) is 1. The fourth-order valence-electron chi connectivity index (χ4n) is 5.73. The number of nitrogens with zero attached hydrogens (tertiary/aromatic N) is 6. The van der Waals surface area contributed by atoms with Gasteiger partial charge >= 0.3 is 0 Å². The molecule has 3 aliphatic rings. The SMILES string of the molecule is CCN1CCn2c(-c3cnn(C)c3)cnc2C12CCN(CC1CCOCC1)CC2. The number of aryl methyl sites for hydroxylation is 1. The number of hydrogen-bond donors (Lipinski definition) is 0. The van der Waals surface area contributed by atoms with E-state index in [4.69, 9.17) is 9.72 Å². The van der Waals surface area contributed by atoms with Crippen LogP contribution >= 0.6 is 0 Å². The third-order valence-corrected chi connectivity index (χ3v) is 7.39. The number of aromatic nitrogens is 4. The molecule has 2 saturated heterocycles. The summed E-state index contributed by atoms with van der Waals surface area (Å²) in [5.74, 6) is 2.08. The van der Waals surface area contributed by atoms with Gasteiger partial charge in [0.25, 0.3) is 0 Å². The predicted octanol–water partition coefficient (Wildman–Crippen LogP) is 2.34. The number of rotatable bonds is 4. The molecule has 0 aliphatic carbocycles. The summed E-state index contributed by atoms with van der Waals surface area (Å²) in [5, 5.41) is 4.37. The molecule has 1 spiro atoms. The minimum atomic E-state index is 0.0830.